The van der Waals surface area contributed by atoms with Gasteiger partial charge in [-0.2, -0.15) is 0 Å². The van der Waals surface area contributed by atoms with Gasteiger partial charge in [0.1, 0.15) is 10.7 Å². The largest absolute Gasteiger partial charge is 0.383 e. The van der Waals surface area contributed by atoms with Crippen LogP contribution in [0.1, 0.15) is 15.2 Å². The molecule has 0 atom stereocenters. The Hall–Kier alpha value is -1.66. The van der Waals surface area contributed by atoms with Crippen molar-refractivity contribution in [2.75, 3.05) is 5.73 Å². The average molecular weight is 265 g/mol. The third-order valence-electron chi connectivity index (χ3n) is 2.43. The predicted molar refractivity (Wildman–Crippen MR) is 72.1 cm³/mol. The monoisotopic (exact) mass is 265 g/mol. The van der Waals surface area contributed by atoms with E-state index in [1.165, 1.54) is 0 Å². The SMILES string of the molecule is Cc1ccccc1-n1c(N)c(C(N)=O)sc1=S. The lowest BCUT2D eigenvalue weighted by Gasteiger charge is -2.08. The highest BCUT2D eigenvalue weighted by molar-refractivity contribution is 7.73. The van der Waals surface area contributed by atoms with E-state index in [0.717, 1.165) is 22.6 Å². The molecule has 2 rings (SSSR count). The number of anilines is 1. The van der Waals surface area contributed by atoms with Gasteiger partial charge in [-0.15, -0.1) is 0 Å². The zero-order valence-corrected chi connectivity index (χ0v) is 10.8. The molecule has 1 heterocycles. The van der Waals surface area contributed by atoms with E-state index in [2.05, 4.69) is 0 Å². The number of hydrogen-bond acceptors (Lipinski definition) is 4. The van der Waals surface area contributed by atoms with Crippen LogP contribution in [0.25, 0.3) is 5.69 Å². The van der Waals surface area contributed by atoms with E-state index in [1.807, 2.05) is 31.2 Å². The number of carbonyl (C=O) groups excluding carboxylic acids is 1. The zero-order chi connectivity index (χ0) is 12.6. The summed E-state index contributed by atoms with van der Waals surface area (Å²) < 4.78 is 2.20. The van der Waals surface area contributed by atoms with Gasteiger partial charge in [-0.1, -0.05) is 29.5 Å². The van der Waals surface area contributed by atoms with Crippen LogP contribution < -0.4 is 11.5 Å². The Balaban J connectivity index is 2.73. The van der Waals surface area contributed by atoms with Crippen LogP contribution in [0.3, 0.4) is 0 Å². The molecule has 4 nitrogen and oxygen atoms in total. The summed E-state index contributed by atoms with van der Waals surface area (Å²) in [7, 11) is 0. The third kappa shape index (κ3) is 1.96. The number of hydrogen-bond donors (Lipinski definition) is 2. The lowest BCUT2D eigenvalue weighted by molar-refractivity contribution is 0.100. The number of aryl methyl sites for hydroxylation is 1. The molecule has 0 aliphatic rings. The first-order chi connectivity index (χ1) is 8.02. The standard InChI is InChI=1S/C11H11N3OS2/c1-6-4-2-3-5-7(6)14-9(12)8(10(13)15)17-11(14)16/h2-5H,12H2,1H3,(H2,13,15). The lowest BCUT2D eigenvalue weighted by Crippen LogP contribution is -2.13. The number of benzene rings is 1. The molecular weight excluding hydrogens is 254 g/mol. The van der Waals surface area contributed by atoms with Crippen molar-refractivity contribution in [2.24, 2.45) is 5.73 Å². The second kappa shape index (κ2) is 4.31. The molecule has 1 aromatic heterocycles. The molecule has 1 amide bonds. The highest BCUT2D eigenvalue weighted by atomic mass is 32.1. The number of thiazole rings is 1. The van der Waals surface area contributed by atoms with Crippen molar-refractivity contribution in [1.82, 2.24) is 4.57 Å². The fraction of sp³-hybridized carbons (Fsp3) is 0.0909. The Morgan fingerprint density at radius 3 is 2.59 bits per heavy atom. The minimum Gasteiger partial charge on any atom is -0.383 e. The van der Waals surface area contributed by atoms with Crippen molar-refractivity contribution < 1.29 is 4.79 Å². The number of para-hydroxylation sites is 1. The molecule has 0 aliphatic heterocycles. The molecular formula is C11H11N3OS2. The van der Waals surface area contributed by atoms with Crippen LogP contribution in [0.2, 0.25) is 0 Å². The molecule has 0 spiro atoms. The molecule has 4 N–H and O–H groups in total. The molecule has 0 radical (unpaired) electrons. The molecule has 0 saturated heterocycles. The molecule has 0 bridgehead atoms. The molecule has 0 saturated carbocycles. The van der Waals surface area contributed by atoms with Gasteiger partial charge in [-0.05, 0) is 30.8 Å². The molecule has 1 aromatic carbocycles. The first-order valence-electron chi connectivity index (χ1n) is 4.89. The Morgan fingerprint density at radius 2 is 2.06 bits per heavy atom. The van der Waals surface area contributed by atoms with Crippen LogP contribution in [0.4, 0.5) is 5.82 Å². The first-order valence-corrected chi connectivity index (χ1v) is 6.12. The summed E-state index contributed by atoms with van der Waals surface area (Å²) >= 11 is 6.35. The highest BCUT2D eigenvalue weighted by Gasteiger charge is 2.16. The normalized spacial score (nSPS) is 10.4. The highest BCUT2D eigenvalue weighted by Crippen LogP contribution is 2.27. The predicted octanol–water partition coefficient (Wildman–Crippen LogP) is 2.26. The number of aromatic nitrogens is 1. The molecule has 88 valence electrons. The van der Waals surface area contributed by atoms with Gasteiger partial charge in [-0.25, -0.2) is 0 Å². The van der Waals surface area contributed by atoms with Crippen LogP contribution in [-0.2, 0) is 0 Å². The Bertz CT molecular complexity index is 642. The van der Waals surface area contributed by atoms with E-state index in [0.29, 0.717) is 14.6 Å². The number of amides is 1. The number of primary amides is 1. The van der Waals surface area contributed by atoms with E-state index in [4.69, 9.17) is 23.7 Å². The number of nitrogens with zero attached hydrogens (tertiary/aromatic N) is 1. The van der Waals surface area contributed by atoms with Crippen LogP contribution in [0.15, 0.2) is 24.3 Å². The number of nitrogen functional groups attached to an aromatic ring is 1. The zero-order valence-electron chi connectivity index (χ0n) is 9.14. The van der Waals surface area contributed by atoms with E-state index >= 15 is 0 Å². The average Bonchev–Trinajstić information content (AvgIpc) is 2.56. The van der Waals surface area contributed by atoms with E-state index in [-0.39, 0.29) is 0 Å². The summed E-state index contributed by atoms with van der Waals surface area (Å²) in [5.41, 5.74) is 13.1. The van der Waals surface area contributed by atoms with Crippen LogP contribution in [0.5, 0.6) is 0 Å². The number of carbonyl (C=O) groups is 1. The molecule has 0 aliphatic carbocycles. The van der Waals surface area contributed by atoms with Crippen LogP contribution in [-0.4, -0.2) is 10.5 Å². The van der Waals surface area contributed by atoms with Gasteiger partial charge >= 0.3 is 0 Å². The molecule has 0 unspecified atom stereocenters. The maximum atomic E-state index is 11.2. The fourth-order valence-electron chi connectivity index (χ4n) is 1.60. The Labute approximate surface area is 107 Å². The van der Waals surface area contributed by atoms with Gasteiger partial charge in [0.15, 0.2) is 3.95 Å². The lowest BCUT2D eigenvalue weighted by atomic mass is 10.2. The summed E-state index contributed by atoms with van der Waals surface area (Å²) in [6.07, 6.45) is 0. The minimum absolute atomic E-state index is 0.304. The van der Waals surface area contributed by atoms with Gasteiger partial charge in [-0.3, -0.25) is 9.36 Å². The molecule has 0 fully saturated rings. The van der Waals surface area contributed by atoms with Crippen molar-refractivity contribution in [1.29, 1.82) is 0 Å². The second-order valence-corrected chi connectivity index (χ2v) is 5.21. The second-order valence-electron chi connectivity index (χ2n) is 3.57. The van der Waals surface area contributed by atoms with Crippen molar-refractivity contribution in [3.05, 3.63) is 38.7 Å². The van der Waals surface area contributed by atoms with Gasteiger partial charge in [0.25, 0.3) is 5.91 Å². The molecule has 17 heavy (non-hydrogen) atoms. The summed E-state index contributed by atoms with van der Waals surface area (Å²) in [6, 6.07) is 7.68. The van der Waals surface area contributed by atoms with Crippen LogP contribution in [0, 0.1) is 10.9 Å². The molecule has 2 aromatic rings. The summed E-state index contributed by atoms with van der Waals surface area (Å²) in [5, 5.41) is 0. The minimum atomic E-state index is -0.550. The first kappa shape index (κ1) is 11.8. The van der Waals surface area contributed by atoms with Gasteiger partial charge in [0, 0.05) is 0 Å². The van der Waals surface area contributed by atoms with E-state index in [9.17, 15) is 4.79 Å². The van der Waals surface area contributed by atoms with Crippen LogP contribution >= 0.6 is 23.6 Å². The van der Waals surface area contributed by atoms with Crippen molar-refractivity contribution >= 4 is 35.3 Å². The Kier molecular flexibility index (Phi) is 2.99. The van der Waals surface area contributed by atoms with Crippen molar-refractivity contribution in [3.8, 4) is 5.69 Å². The number of nitrogens with two attached hydrogens (primary N) is 2. The maximum Gasteiger partial charge on any atom is 0.262 e. The van der Waals surface area contributed by atoms with Gasteiger partial charge in [0.2, 0.25) is 0 Å². The fourth-order valence-corrected chi connectivity index (χ4v) is 2.81. The van der Waals surface area contributed by atoms with E-state index < -0.39 is 5.91 Å². The smallest absolute Gasteiger partial charge is 0.262 e. The molecule has 6 heteroatoms. The van der Waals surface area contributed by atoms with Gasteiger partial charge in [0.05, 0.1) is 5.69 Å². The summed E-state index contributed by atoms with van der Waals surface area (Å²) in [6.45, 7) is 1.96. The summed E-state index contributed by atoms with van der Waals surface area (Å²) in [5.74, 6) is -0.243. The van der Waals surface area contributed by atoms with Gasteiger partial charge < -0.3 is 11.5 Å². The number of rotatable bonds is 2. The maximum absolute atomic E-state index is 11.2. The summed E-state index contributed by atoms with van der Waals surface area (Å²) in [4.78, 5) is 11.5. The Morgan fingerprint density at radius 1 is 1.41 bits per heavy atom. The van der Waals surface area contributed by atoms with E-state index in [1.54, 1.807) is 4.57 Å². The van der Waals surface area contributed by atoms with Crippen molar-refractivity contribution in [3.63, 3.8) is 0 Å². The topological polar surface area (TPSA) is 74.0 Å². The third-order valence-corrected chi connectivity index (χ3v) is 3.83. The van der Waals surface area contributed by atoms with Crippen molar-refractivity contribution in [2.45, 2.75) is 6.92 Å². The quantitative estimate of drug-likeness (QED) is 0.818.